The Kier molecular flexibility index (Phi) is 3.89. The van der Waals surface area contributed by atoms with Crippen molar-refractivity contribution < 1.29 is 0 Å². The van der Waals surface area contributed by atoms with Crippen LogP contribution in [0.25, 0.3) is 6.08 Å². The van der Waals surface area contributed by atoms with Crippen LogP contribution < -0.4 is 5.73 Å². The van der Waals surface area contributed by atoms with Crippen molar-refractivity contribution in [3.05, 3.63) is 40.0 Å². The minimum atomic E-state index is 0. The number of halogens is 2. The van der Waals surface area contributed by atoms with Crippen LogP contribution in [0, 0.1) is 0 Å². The number of aliphatic imine (C=N–C) groups is 1. The summed E-state index contributed by atoms with van der Waals surface area (Å²) in [5, 5.41) is 0. The second kappa shape index (κ2) is 4.75. The lowest BCUT2D eigenvalue weighted by Gasteiger charge is -2.01. The highest BCUT2D eigenvalue weighted by molar-refractivity contribution is 9.11. The van der Waals surface area contributed by atoms with Crippen LogP contribution in [0.2, 0.25) is 0 Å². The Balaban J connectivity index is 0.000000980. The van der Waals surface area contributed by atoms with Gasteiger partial charge in [-0.25, -0.2) is 4.99 Å². The first-order valence-corrected chi connectivity index (χ1v) is 4.83. The van der Waals surface area contributed by atoms with E-state index in [-0.39, 0.29) is 17.0 Å². The second-order valence-electron chi connectivity index (χ2n) is 2.95. The molecular formula is C10H10Br2N2. The third-order valence-electron chi connectivity index (χ3n) is 1.95. The smallest absolute Gasteiger partial charge is 0.108 e. The van der Waals surface area contributed by atoms with Crippen LogP contribution in [0.5, 0.6) is 0 Å². The molecule has 0 atom stereocenters. The van der Waals surface area contributed by atoms with E-state index in [9.17, 15) is 0 Å². The van der Waals surface area contributed by atoms with Crippen LogP contribution in [0.15, 0.2) is 33.9 Å². The summed E-state index contributed by atoms with van der Waals surface area (Å²) in [6, 6.07) is 8.15. The van der Waals surface area contributed by atoms with Gasteiger partial charge in [0, 0.05) is 6.42 Å². The molecule has 4 heteroatoms. The van der Waals surface area contributed by atoms with Gasteiger partial charge in [-0.3, -0.25) is 0 Å². The Morgan fingerprint density at radius 3 is 2.79 bits per heavy atom. The lowest BCUT2D eigenvalue weighted by atomic mass is 10.1. The monoisotopic (exact) mass is 316 g/mol. The molecule has 2 rings (SSSR count). The topological polar surface area (TPSA) is 38.4 Å². The van der Waals surface area contributed by atoms with Crippen LogP contribution in [0.3, 0.4) is 0 Å². The fourth-order valence-corrected chi connectivity index (χ4v) is 1.84. The molecule has 1 aliphatic heterocycles. The molecule has 0 bridgehead atoms. The molecule has 0 aliphatic carbocycles. The predicted octanol–water partition coefficient (Wildman–Crippen LogP) is 2.87. The van der Waals surface area contributed by atoms with Gasteiger partial charge >= 0.3 is 0 Å². The Bertz CT molecular complexity index is 397. The summed E-state index contributed by atoms with van der Waals surface area (Å²) in [6.07, 6.45) is 2.71. The fraction of sp³-hybridized carbons (Fsp3) is 0.100. The van der Waals surface area contributed by atoms with Gasteiger partial charge < -0.3 is 5.73 Å². The highest BCUT2D eigenvalue weighted by Gasteiger charge is 2.06. The number of benzene rings is 1. The van der Waals surface area contributed by atoms with E-state index in [1.807, 2.05) is 18.2 Å². The van der Waals surface area contributed by atoms with Crippen LogP contribution in [-0.2, 0) is 6.42 Å². The Hall–Kier alpha value is -0.610. The standard InChI is InChI=1S/C10H9BrN2.BrH/c11-9-5-7-3-1-2-4-8(7)6-10(12)13-9;/h1-5H,6H2,(H2,12,13);1H. The van der Waals surface area contributed by atoms with Crippen molar-refractivity contribution in [1.82, 2.24) is 0 Å². The SMILES string of the molecule is Br.NC1=NC(Br)=Cc2ccccc2C1. The molecule has 0 saturated carbocycles. The Morgan fingerprint density at radius 2 is 2.00 bits per heavy atom. The molecule has 2 N–H and O–H groups in total. The molecule has 1 heterocycles. The first-order chi connectivity index (χ1) is 6.25. The van der Waals surface area contributed by atoms with Crippen LogP contribution in [-0.4, -0.2) is 5.84 Å². The number of rotatable bonds is 0. The van der Waals surface area contributed by atoms with E-state index >= 15 is 0 Å². The predicted molar refractivity (Wildman–Crippen MR) is 69.0 cm³/mol. The van der Waals surface area contributed by atoms with E-state index in [0.29, 0.717) is 5.84 Å². The number of hydrogen-bond donors (Lipinski definition) is 1. The molecule has 0 saturated heterocycles. The highest BCUT2D eigenvalue weighted by atomic mass is 79.9. The van der Waals surface area contributed by atoms with Crippen molar-refractivity contribution in [3.8, 4) is 0 Å². The quantitative estimate of drug-likeness (QED) is 0.734. The zero-order valence-electron chi connectivity index (χ0n) is 7.40. The molecule has 74 valence electrons. The van der Waals surface area contributed by atoms with Crippen molar-refractivity contribution in [2.24, 2.45) is 10.7 Å². The van der Waals surface area contributed by atoms with Gasteiger partial charge in [-0.1, -0.05) is 24.3 Å². The summed E-state index contributed by atoms with van der Waals surface area (Å²) in [7, 11) is 0. The zero-order chi connectivity index (χ0) is 9.26. The number of amidine groups is 1. The molecule has 0 unspecified atom stereocenters. The summed E-state index contributed by atoms with van der Waals surface area (Å²) in [5.41, 5.74) is 8.12. The zero-order valence-corrected chi connectivity index (χ0v) is 10.7. The Morgan fingerprint density at radius 1 is 1.29 bits per heavy atom. The van der Waals surface area contributed by atoms with Gasteiger partial charge in [0.2, 0.25) is 0 Å². The Labute approximate surface area is 102 Å². The first-order valence-electron chi connectivity index (χ1n) is 4.04. The lowest BCUT2D eigenvalue weighted by Crippen LogP contribution is -2.14. The van der Waals surface area contributed by atoms with E-state index in [1.54, 1.807) is 0 Å². The molecule has 0 amide bonds. The molecule has 1 aliphatic rings. The molecule has 0 spiro atoms. The minimum Gasteiger partial charge on any atom is -0.387 e. The normalized spacial score (nSPS) is 14.4. The molecule has 1 aromatic carbocycles. The largest absolute Gasteiger partial charge is 0.387 e. The molecule has 14 heavy (non-hydrogen) atoms. The average molecular weight is 318 g/mol. The van der Waals surface area contributed by atoms with Gasteiger partial charge in [0.15, 0.2) is 0 Å². The highest BCUT2D eigenvalue weighted by Crippen LogP contribution is 2.20. The molecule has 1 aromatic rings. The fourth-order valence-electron chi connectivity index (χ4n) is 1.37. The van der Waals surface area contributed by atoms with Crippen LogP contribution >= 0.6 is 32.9 Å². The summed E-state index contributed by atoms with van der Waals surface area (Å²) >= 11 is 3.34. The van der Waals surface area contributed by atoms with E-state index in [2.05, 4.69) is 33.1 Å². The van der Waals surface area contributed by atoms with Crippen molar-refractivity contribution in [2.75, 3.05) is 0 Å². The van der Waals surface area contributed by atoms with Gasteiger partial charge in [0.05, 0.1) is 0 Å². The number of nitrogens with zero attached hydrogens (tertiary/aromatic N) is 1. The van der Waals surface area contributed by atoms with Crippen LogP contribution in [0.1, 0.15) is 11.1 Å². The van der Waals surface area contributed by atoms with Gasteiger partial charge in [-0.15, -0.1) is 17.0 Å². The van der Waals surface area contributed by atoms with Crippen LogP contribution in [0.4, 0.5) is 0 Å². The number of fused-ring (bicyclic) bond motifs is 1. The van der Waals surface area contributed by atoms with E-state index < -0.39 is 0 Å². The maximum absolute atomic E-state index is 5.72. The lowest BCUT2D eigenvalue weighted by molar-refractivity contribution is 1.28. The minimum absolute atomic E-state index is 0. The molecule has 0 fully saturated rings. The summed E-state index contributed by atoms with van der Waals surface area (Å²) in [4.78, 5) is 4.16. The summed E-state index contributed by atoms with van der Waals surface area (Å²) in [5.74, 6) is 0.646. The average Bonchev–Trinajstić information content (AvgIpc) is 2.20. The third-order valence-corrected chi connectivity index (χ3v) is 2.36. The second-order valence-corrected chi connectivity index (χ2v) is 3.76. The van der Waals surface area contributed by atoms with Crippen molar-refractivity contribution in [3.63, 3.8) is 0 Å². The van der Waals surface area contributed by atoms with Gasteiger partial charge in [-0.2, -0.15) is 0 Å². The maximum atomic E-state index is 5.72. The maximum Gasteiger partial charge on any atom is 0.108 e. The van der Waals surface area contributed by atoms with Crippen molar-refractivity contribution in [2.45, 2.75) is 6.42 Å². The molecule has 0 aromatic heterocycles. The van der Waals surface area contributed by atoms with Gasteiger partial charge in [-0.05, 0) is 33.1 Å². The summed E-state index contributed by atoms with van der Waals surface area (Å²) < 4.78 is 0.787. The summed E-state index contributed by atoms with van der Waals surface area (Å²) in [6.45, 7) is 0. The van der Waals surface area contributed by atoms with Crippen molar-refractivity contribution in [1.29, 1.82) is 0 Å². The number of nitrogens with two attached hydrogens (primary N) is 1. The molecule has 0 radical (unpaired) electrons. The van der Waals surface area contributed by atoms with Gasteiger partial charge in [0.1, 0.15) is 10.4 Å². The number of hydrogen-bond acceptors (Lipinski definition) is 2. The molecule has 2 nitrogen and oxygen atoms in total. The van der Waals surface area contributed by atoms with Gasteiger partial charge in [0.25, 0.3) is 0 Å². The first kappa shape index (κ1) is 11.5. The van der Waals surface area contributed by atoms with E-state index in [4.69, 9.17) is 5.73 Å². The van der Waals surface area contributed by atoms with E-state index in [1.165, 1.54) is 11.1 Å². The van der Waals surface area contributed by atoms with Crippen molar-refractivity contribution >= 4 is 44.8 Å². The molecular weight excluding hydrogens is 308 g/mol. The van der Waals surface area contributed by atoms with E-state index in [0.717, 1.165) is 11.0 Å². The third kappa shape index (κ3) is 2.45.